The number of ether oxygens (including phenoxy) is 1. The fraction of sp³-hybridized carbons (Fsp3) is 0.0556. The van der Waals surface area contributed by atoms with Crippen LogP contribution in [0.25, 0.3) is 52.9 Å². The van der Waals surface area contributed by atoms with Crippen LogP contribution in [-0.4, -0.2) is 6.36 Å². The molecule has 0 bridgehead atoms. The molecule has 0 radical (unpaired) electrons. The average molecular weight is 665 g/mol. The highest BCUT2D eigenvalue weighted by molar-refractivity contribution is 6.29. The molecule has 2 aliphatic rings. The molecule has 0 spiro atoms. The van der Waals surface area contributed by atoms with Crippen molar-refractivity contribution < 1.29 is 26.7 Å². The largest absolute Gasteiger partial charge is 0.573 e. The quantitative estimate of drug-likeness (QED) is 0.157. The first kappa shape index (κ1) is 33.4. The van der Waals surface area contributed by atoms with Crippen molar-refractivity contribution in [3.8, 4) is 30.0 Å². The maximum absolute atomic E-state index is 17.3. The van der Waals surface area contributed by atoms with E-state index in [1.807, 2.05) is 0 Å². The van der Waals surface area contributed by atoms with Crippen molar-refractivity contribution in [1.29, 1.82) is 21.0 Å². The summed E-state index contributed by atoms with van der Waals surface area (Å²) in [5, 5.41) is 39.5. The molecule has 0 N–H and O–H groups in total. The summed E-state index contributed by atoms with van der Waals surface area (Å²) in [6.07, 6.45) is -5.37. The summed E-state index contributed by atoms with van der Waals surface area (Å²) in [6, 6.07) is 13.0. The van der Waals surface area contributed by atoms with E-state index in [2.05, 4.69) is 24.1 Å². The Morgan fingerprint density at radius 3 is 1.80 bits per heavy atom. The molecule has 2 aliphatic carbocycles. The zero-order valence-corrected chi connectivity index (χ0v) is 24.8. The number of fused-ring (bicyclic) bond motifs is 2. The van der Waals surface area contributed by atoms with E-state index in [4.69, 9.17) is 26.3 Å². The second-order valence-corrected chi connectivity index (χ2v) is 10.2. The fourth-order valence-electron chi connectivity index (χ4n) is 5.87. The van der Waals surface area contributed by atoms with Gasteiger partial charge in [-0.15, -0.1) is 13.2 Å². The normalized spacial score (nSPS) is 14.8. The maximum atomic E-state index is 17.3. The van der Waals surface area contributed by atoms with Gasteiger partial charge in [-0.25, -0.2) is 38.7 Å². The number of nitrogens with zero attached hydrogens (tertiary/aromatic N) is 8. The van der Waals surface area contributed by atoms with E-state index >= 15 is 8.78 Å². The van der Waals surface area contributed by atoms with Gasteiger partial charge in [-0.2, -0.15) is 10.5 Å². The average Bonchev–Trinajstić information content (AvgIpc) is 3.62. The molecule has 50 heavy (non-hydrogen) atoms. The first-order chi connectivity index (χ1) is 23.8. The third-order valence-corrected chi connectivity index (χ3v) is 7.70. The van der Waals surface area contributed by atoms with Gasteiger partial charge in [0.05, 0.1) is 55.6 Å². The molecule has 3 aromatic rings. The van der Waals surface area contributed by atoms with E-state index in [0.29, 0.717) is 11.6 Å². The number of nitriles is 4. The van der Waals surface area contributed by atoms with Crippen LogP contribution >= 0.6 is 0 Å². The highest BCUT2D eigenvalue weighted by Gasteiger charge is 2.45. The molecule has 0 aliphatic heterocycles. The molecule has 14 heteroatoms. The molecule has 9 nitrogen and oxygen atoms in total. The Bertz CT molecular complexity index is 2590. The van der Waals surface area contributed by atoms with E-state index in [0.717, 1.165) is 12.1 Å². The van der Waals surface area contributed by atoms with Gasteiger partial charge >= 0.3 is 6.36 Å². The predicted octanol–water partition coefficient (Wildman–Crippen LogP) is 9.15. The lowest BCUT2D eigenvalue weighted by Gasteiger charge is -2.17. The highest BCUT2D eigenvalue weighted by Crippen LogP contribution is 2.58. The van der Waals surface area contributed by atoms with E-state index in [1.165, 1.54) is 31.2 Å². The van der Waals surface area contributed by atoms with E-state index in [9.17, 15) is 34.2 Å². The summed E-state index contributed by atoms with van der Waals surface area (Å²) in [6.45, 7) is 32.1. The van der Waals surface area contributed by atoms with Crippen LogP contribution < -0.4 is 4.74 Å². The Morgan fingerprint density at radius 2 is 1.30 bits per heavy atom. The van der Waals surface area contributed by atoms with Crippen LogP contribution in [0.1, 0.15) is 44.5 Å². The number of hydrogen-bond donors (Lipinski definition) is 0. The molecule has 3 aromatic carbocycles. The van der Waals surface area contributed by atoms with Crippen molar-refractivity contribution in [2.24, 2.45) is 0 Å². The molecule has 0 fully saturated rings. The standard InChI is InChI=1S/C36H9F5N8O/c1-16-10-18(46-2)7-9-19(16)27-29(23(15-45)48-4)31-32(35(27)49-5)33(37)26-21(13-43)25(28(22(14-44)47-3)30(26)34(31)38)20-8-6-17(12-42)11-24(20)50-36(39,40)41/h6-11H,1H3/b28-22-,29-23+. The molecule has 0 aromatic heterocycles. The van der Waals surface area contributed by atoms with Crippen molar-refractivity contribution in [3.63, 3.8) is 0 Å². The van der Waals surface area contributed by atoms with Crippen LogP contribution in [0.2, 0.25) is 0 Å². The Morgan fingerprint density at radius 1 is 0.720 bits per heavy atom. The zero-order valence-electron chi connectivity index (χ0n) is 24.8. The van der Waals surface area contributed by atoms with Crippen molar-refractivity contribution in [2.45, 2.75) is 13.3 Å². The number of rotatable bonds is 3. The van der Waals surface area contributed by atoms with Crippen LogP contribution in [0.3, 0.4) is 0 Å². The number of hydrogen-bond acceptors (Lipinski definition) is 5. The zero-order chi connectivity index (χ0) is 36.7. The Labute approximate surface area is 279 Å². The van der Waals surface area contributed by atoms with E-state index in [-0.39, 0.29) is 22.4 Å². The predicted molar refractivity (Wildman–Crippen MR) is 166 cm³/mol. The number of alkyl halides is 3. The Hall–Kier alpha value is -8.01. The molecule has 0 unspecified atom stereocenters. The molecule has 0 amide bonds. The van der Waals surface area contributed by atoms with Crippen molar-refractivity contribution in [3.05, 3.63) is 150 Å². The number of aryl methyl sites for hydroxylation is 1. The fourth-order valence-corrected chi connectivity index (χ4v) is 5.87. The molecule has 5 rings (SSSR count). The number of halogens is 5. The minimum atomic E-state index is -5.37. The van der Waals surface area contributed by atoms with Gasteiger partial charge in [0.25, 0.3) is 11.4 Å². The van der Waals surface area contributed by atoms with Crippen LogP contribution in [-0.2, 0) is 0 Å². The van der Waals surface area contributed by atoms with Gasteiger partial charge in [-0.3, -0.25) is 0 Å². The van der Waals surface area contributed by atoms with Crippen molar-refractivity contribution in [1.82, 2.24) is 0 Å². The van der Waals surface area contributed by atoms with E-state index < -0.39 is 90.9 Å². The topological polar surface area (TPSA) is 122 Å². The molecule has 234 valence electrons. The second kappa shape index (κ2) is 12.3. The number of allylic oxidation sites excluding steroid dienone is 7. The van der Waals surface area contributed by atoms with Gasteiger partial charge < -0.3 is 4.74 Å². The maximum Gasteiger partial charge on any atom is 0.573 e. The van der Waals surface area contributed by atoms with Gasteiger partial charge in [-0.05, 0) is 41.8 Å². The third kappa shape index (κ3) is 4.94. The highest BCUT2D eigenvalue weighted by atomic mass is 19.4. The molecular weight excluding hydrogens is 655 g/mol. The molecule has 0 saturated heterocycles. The summed E-state index contributed by atoms with van der Waals surface area (Å²) in [5.41, 5.74) is -9.28. The molecule has 0 heterocycles. The van der Waals surface area contributed by atoms with E-state index in [1.54, 1.807) is 18.2 Å². The number of benzene rings is 3. The summed E-state index contributed by atoms with van der Waals surface area (Å²) >= 11 is 0. The first-order valence-electron chi connectivity index (χ1n) is 13.5. The monoisotopic (exact) mass is 664 g/mol. The summed E-state index contributed by atoms with van der Waals surface area (Å²) in [4.78, 5) is 13.0. The Balaban J connectivity index is 2.04. The van der Waals surface area contributed by atoms with Crippen molar-refractivity contribution >= 4 is 39.2 Å². The van der Waals surface area contributed by atoms with Crippen LogP contribution in [0.5, 0.6) is 5.75 Å². The second-order valence-electron chi connectivity index (χ2n) is 10.2. The van der Waals surface area contributed by atoms with Gasteiger partial charge in [0.1, 0.15) is 23.5 Å². The van der Waals surface area contributed by atoms with Gasteiger partial charge in [0.2, 0.25) is 5.70 Å². The summed E-state index contributed by atoms with van der Waals surface area (Å²) in [5.74, 6) is -4.05. The summed E-state index contributed by atoms with van der Waals surface area (Å²) in [7, 11) is 0. The van der Waals surface area contributed by atoms with Gasteiger partial charge in [0, 0.05) is 39.0 Å². The van der Waals surface area contributed by atoms with Crippen LogP contribution in [0.15, 0.2) is 47.8 Å². The third-order valence-electron chi connectivity index (χ3n) is 7.70. The van der Waals surface area contributed by atoms with Crippen molar-refractivity contribution in [2.75, 3.05) is 0 Å². The van der Waals surface area contributed by atoms with Crippen LogP contribution in [0, 0.1) is 90.2 Å². The first-order valence-corrected chi connectivity index (χ1v) is 13.5. The lowest BCUT2D eigenvalue weighted by molar-refractivity contribution is -0.274. The molecular formula is C36H9F5N8O. The summed E-state index contributed by atoms with van der Waals surface area (Å²) < 4.78 is 79.2. The minimum absolute atomic E-state index is 0.128. The lowest BCUT2D eigenvalue weighted by atomic mass is 9.89. The van der Waals surface area contributed by atoms with Gasteiger partial charge in [-0.1, -0.05) is 23.8 Å². The smallest absolute Gasteiger partial charge is 0.405 e. The Kier molecular flexibility index (Phi) is 8.21. The minimum Gasteiger partial charge on any atom is -0.405 e. The van der Waals surface area contributed by atoms with Gasteiger partial charge in [0.15, 0.2) is 5.69 Å². The molecule has 0 saturated carbocycles. The van der Waals surface area contributed by atoms with Crippen LogP contribution in [0.4, 0.5) is 27.6 Å². The lowest BCUT2D eigenvalue weighted by Crippen LogP contribution is -2.18. The molecule has 0 atom stereocenters. The SMILES string of the molecule is [C-]#[N+]C1=C(c2ccc([N+]#[C-])cc2C)/C(=C(/C#N)[N+]#[C-])c2c(F)c3c(c(F)c21)C(C#N)=C(c1ccc(C#N)cc1OC(F)(F)F)/C3=C(\C#N)[N+]#[C-].